The van der Waals surface area contributed by atoms with Gasteiger partial charge in [-0.1, -0.05) is 0 Å². The molecule has 1 aromatic rings. The summed E-state index contributed by atoms with van der Waals surface area (Å²) in [5.74, 6) is -0.442. The fourth-order valence-electron chi connectivity index (χ4n) is 1.65. The van der Waals surface area contributed by atoms with Crippen LogP contribution in [0.3, 0.4) is 0 Å². The van der Waals surface area contributed by atoms with Crippen molar-refractivity contribution in [1.82, 2.24) is 25.0 Å². The standard InChI is InChI=1S/C11H19N5O3/c1-7(2)16(5-9(17)18)11(19)13-8(3)10-14-12-6-15(10)4/h6-8H,5H2,1-4H3,(H,13,19)(H,17,18). The summed E-state index contributed by atoms with van der Waals surface area (Å²) in [6.07, 6.45) is 1.54. The molecule has 0 bridgehead atoms. The summed E-state index contributed by atoms with van der Waals surface area (Å²) < 4.78 is 1.70. The summed E-state index contributed by atoms with van der Waals surface area (Å²) in [6, 6.07) is -0.995. The zero-order chi connectivity index (χ0) is 14.6. The van der Waals surface area contributed by atoms with Crippen LogP contribution in [-0.4, -0.2) is 49.4 Å². The Hall–Kier alpha value is -2.12. The average molecular weight is 269 g/mol. The van der Waals surface area contributed by atoms with Crippen LogP contribution in [0.25, 0.3) is 0 Å². The summed E-state index contributed by atoms with van der Waals surface area (Å²) in [6.45, 7) is 4.95. The molecule has 0 saturated heterocycles. The summed E-state index contributed by atoms with van der Waals surface area (Å²) >= 11 is 0. The second-order valence-corrected chi connectivity index (χ2v) is 4.59. The third kappa shape index (κ3) is 3.94. The molecule has 1 aromatic heterocycles. The molecule has 1 unspecified atom stereocenters. The lowest BCUT2D eigenvalue weighted by atomic mass is 10.3. The number of hydrogen-bond acceptors (Lipinski definition) is 4. The number of aliphatic carboxylic acids is 1. The minimum Gasteiger partial charge on any atom is -0.480 e. The topological polar surface area (TPSA) is 100 Å². The normalized spacial score (nSPS) is 12.3. The van der Waals surface area contributed by atoms with Crippen molar-refractivity contribution in [2.75, 3.05) is 6.54 Å². The molecule has 0 aliphatic carbocycles. The van der Waals surface area contributed by atoms with Crippen LogP contribution in [-0.2, 0) is 11.8 Å². The minimum absolute atomic E-state index is 0.206. The molecule has 0 saturated carbocycles. The Morgan fingerprint density at radius 1 is 1.47 bits per heavy atom. The van der Waals surface area contributed by atoms with E-state index < -0.39 is 12.0 Å². The van der Waals surface area contributed by atoms with Crippen molar-refractivity contribution in [3.05, 3.63) is 12.2 Å². The third-order valence-electron chi connectivity index (χ3n) is 2.66. The predicted octanol–water partition coefficient (Wildman–Crippen LogP) is 0.381. The Kier molecular flexibility index (Phi) is 4.85. The first kappa shape index (κ1) is 14.9. The van der Waals surface area contributed by atoms with E-state index in [1.165, 1.54) is 11.2 Å². The largest absolute Gasteiger partial charge is 0.480 e. The Morgan fingerprint density at radius 2 is 2.11 bits per heavy atom. The number of nitrogens with one attached hydrogen (secondary N) is 1. The van der Waals surface area contributed by atoms with Gasteiger partial charge < -0.3 is 19.9 Å². The molecule has 19 heavy (non-hydrogen) atoms. The number of carboxylic acids is 1. The smallest absolute Gasteiger partial charge is 0.323 e. The SMILES string of the molecule is CC(NC(=O)N(CC(=O)O)C(C)C)c1nncn1C. The van der Waals surface area contributed by atoms with Gasteiger partial charge in [0.1, 0.15) is 12.9 Å². The molecule has 0 radical (unpaired) electrons. The van der Waals surface area contributed by atoms with E-state index in [9.17, 15) is 9.59 Å². The van der Waals surface area contributed by atoms with Crippen molar-refractivity contribution in [2.24, 2.45) is 7.05 Å². The van der Waals surface area contributed by atoms with Gasteiger partial charge in [-0.25, -0.2) is 4.79 Å². The summed E-state index contributed by atoms with van der Waals surface area (Å²) in [7, 11) is 1.77. The number of aryl methyl sites for hydroxylation is 1. The number of aromatic nitrogens is 3. The summed E-state index contributed by atoms with van der Waals surface area (Å²) in [5, 5.41) is 19.1. The van der Waals surface area contributed by atoms with Crippen LogP contribution in [0.4, 0.5) is 4.79 Å². The Morgan fingerprint density at radius 3 is 2.53 bits per heavy atom. The van der Waals surface area contributed by atoms with E-state index in [2.05, 4.69) is 15.5 Å². The number of carbonyl (C=O) groups is 2. The molecular formula is C11H19N5O3. The van der Waals surface area contributed by atoms with Crippen LogP contribution in [0.1, 0.15) is 32.6 Å². The Bertz CT molecular complexity index is 457. The molecule has 0 fully saturated rings. The fraction of sp³-hybridized carbons (Fsp3) is 0.636. The maximum atomic E-state index is 12.0. The molecule has 1 atom stereocenters. The van der Waals surface area contributed by atoms with Crippen LogP contribution < -0.4 is 5.32 Å². The van der Waals surface area contributed by atoms with Crippen molar-refractivity contribution in [1.29, 1.82) is 0 Å². The molecule has 0 spiro atoms. The Balaban J connectivity index is 2.71. The zero-order valence-corrected chi connectivity index (χ0v) is 11.5. The first-order valence-electron chi connectivity index (χ1n) is 5.95. The van der Waals surface area contributed by atoms with Gasteiger partial charge in [0.05, 0.1) is 6.04 Å². The number of urea groups is 1. The molecule has 0 aromatic carbocycles. The zero-order valence-electron chi connectivity index (χ0n) is 11.5. The van der Waals surface area contributed by atoms with Gasteiger partial charge in [-0.15, -0.1) is 10.2 Å². The van der Waals surface area contributed by atoms with E-state index in [-0.39, 0.29) is 18.6 Å². The highest BCUT2D eigenvalue weighted by molar-refractivity contribution is 5.80. The van der Waals surface area contributed by atoms with Crippen molar-refractivity contribution >= 4 is 12.0 Å². The highest BCUT2D eigenvalue weighted by Crippen LogP contribution is 2.09. The second-order valence-electron chi connectivity index (χ2n) is 4.59. The fourth-order valence-corrected chi connectivity index (χ4v) is 1.65. The average Bonchev–Trinajstić information content (AvgIpc) is 2.71. The highest BCUT2D eigenvalue weighted by Gasteiger charge is 2.22. The van der Waals surface area contributed by atoms with Crippen LogP contribution in [0.15, 0.2) is 6.33 Å². The lowest BCUT2D eigenvalue weighted by Gasteiger charge is -2.26. The lowest BCUT2D eigenvalue weighted by Crippen LogP contribution is -2.47. The number of amides is 2. The van der Waals surface area contributed by atoms with Gasteiger partial charge in [-0.2, -0.15) is 0 Å². The second kappa shape index (κ2) is 6.17. The number of rotatable bonds is 5. The van der Waals surface area contributed by atoms with Crippen LogP contribution in [0.2, 0.25) is 0 Å². The first-order valence-corrected chi connectivity index (χ1v) is 5.95. The van der Waals surface area contributed by atoms with Gasteiger partial charge in [0.2, 0.25) is 0 Å². The number of carbonyl (C=O) groups excluding carboxylic acids is 1. The van der Waals surface area contributed by atoms with Crippen molar-refractivity contribution < 1.29 is 14.7 Å². The number of carboxylic acid groups (broad SMARTS) is 1. The highest BCUT2D eigenvalue weighted by atomic mass is 16.4. The molecule has 106 valence electrons. The molecule has 1 rings (SSSR count). The molecular weight excluding hydrogens is 250 g/mol. The molecule has 1 heterocycles. The van der Waals surface area contributed by atoms with Gasteiger partial charge in [-0.05, 0) is 20.8 Å². The number of nitrogens with zero attached hydrogens (tertiary/aromatic N) is 4. The van der Waals surface area contributed by atoms with Crippen molar-refractivity contribution in [3.8, 4) is 0 Å². The van der Waals surface area contributed by atoms with Crippen LogP contribution in [0, 0.1) is 0 Å². The maximum Gasteiger partial charge on any atom is 0.323 e. The van der Waals surface area contributed by atoms with Gasteiger partial charge >= 0.3 is 12.0 Å². The van der Waals surface area contributed by atoms with E-state index in [1.807, 2.05) is 0 Å². The molecule has 8 nitrogen and oxygen atoms in total. The Labute approximate surface area is 111 Å². The lowest BCUT2D eigenvalue weighted by molar-refractivity contribution is -0.138. The number of hydrogen-bond donors (Lipinski definition) is 2. The van der Waals surface area contributed by atoms with E-state index in [0.717, 1.165) is 0 Å². The van der Waals surface area contributed by atoms with E-state index in [1.54, 1.807) is 32.4 Å². The van der Waals surface area contributed by atoms with Gasteiger partial charge in [0, 0.05) is 13.1 Å². The van der Waals surface area contributed by atoms with Crippen molar-refractivity contribution in [2.45, 2.75) is 32.9 Å². The predicted molar refractivity (Wildman–Crippen MR) is 67.4 cm³/mol. The third-order valence-corrected chi connectivity index (χ3v) is 2.66. The van der Waals surface area contributed by atoms with Gasteiger partial charge in [0.15, 0.2) is 5.82 Å². The monoisotopic (exact) mass is 269 g/mol. The van der Waals surface area contributed by atoms with Gasteiger partial charge in [-0.3, -0.25) is 4.79 Å². The quantitative estimate of drug-likeness (QED) is 0.805. The maximum absolute atomic E-state index is 12.0. The van der Waals surface area contributed by atoms with E-state index in [0.29, 0.717) is 5.82 Å². The van der Waals surface area contributed by atoms with Crippen LogP contribution >= 0.6 is 0 Å². The molecule has 2 amide bonds. The summed E-state index contributed by atoms with van der Waals surface area (Å²) in [5.41, 5.74) is 0. The van der Waals surface area contributed by atoms with E-state index >= 15 is 0 Å². The van der Waals surface area contributed by atoms with Gasteiger partial charge in [0.25, 0.3) is 0 Å². The first-order chi connectivity index (χ1) is 8.82. The molecule has 8 heteroatoms. The van der Waals surface area contributed by atoms with E-state index in [4.69, 9.17) is 5.11 Å². The molecule has 0 aliphatic rings. The van der Waals surface area contributed by atoms with Crippen molar-refractivity contribution in [3.63, 3.8) is 0 Å². The minimum atomic E-state index is -1.05. The summed E-state index contributed by atoms with van der Waals surface area (Å²) in [4.78, 5) is 24.0. The van der Waals surface area contributed by atoms with Crippen LogP contribution in [0.5, 0.6) is 0 Å². The molecule has 2 N–H and O–H groups in total. The molecule has 0 aliphatic heterocycles.